The average molecular weight is 302 g/mol. The summed E-state index contributed by atoms with van der Waals surface area (Å²) in [6.45, 7) is 1.09. The molecule has 1 aromatic heterocycles. The number of amides is 1. The molecule has 1 N–H and O–H groups in total. The van der Waals surface area contributed by atoms with Gasteiger partial charge in [-0.3, -0.25) is 9.78 Å². The van der Waals surface area contributed by atoms with Gasteiger partial charge in [-0.05, 0) is 24.3 Å². The first-order valence-electron chi connectivity index (χ1n) is 6.70. The smallest absolute Gasteiger partial charge is 0.252 e. The number of benzene rings is 1. The second kappa shape index (κ2) is 8.44. The van der Waals surface area contributed by atoms with Crippen LogP contribution in [-0.2, 0) is 11.3 Å². The Balaban J connectivity index is 1.98. The van der Waals surface area contributed by atoms with Gasteiger partial charge in [-0.25, -0.2) is 0 Å². The lowest BCUT2D eigenvalue weighted by Crippen LogP contribution is -2.23. The van der Waals surface area contributed by atoms with E-state index in [9.17, 15) is 4.79 Å². The third kappa shape index (κ3) is 4.88. The zero-order valence-electron chi connectivity index (χ0n) is 11.9. The lowest BCUT2D eigenvalue weighted by atomic mass is 10.2. The van der Waals surface area contributed by atoms with Crippen molar-refractivity contribution in [1.29, 1.82) is 0 Å². The van der Waals surface area contributed by atoms with Gasteiger partial charge in [0.15, 0.2) is 0 Å². The molecule has 0 saturated heterocycles. The van der Waals surface area contributed by atoms with Crippen molar-refractivity contribution in [2.75, 3.05) is 19.5 Å². The molecule has 1 heterocycles. The first kappa shape index (κ1) is 15.5. The zero-order valence-corrected chi connectivity index (χ0v) is 12.7. The van der Waals surface area contributed by atoms with Gasteiger partial charge in [0.1, 0.15) is 0 Å². The Morgan fingerprint density at radius 2 is 2.05 bits per heavy atom. The van der Waals surface area contributed by atoms with Crippen molar-refractivity contribution in [1.82, 2.24) is 10.3 Å². The lowest BCUT2D eigenvalue weighted by molar-refractivity contribution is 0.0947. The summed E-state index contributed by atoms with van der Waals surface area (Å²) in [6, 6.07) is 13.2. The van der Waals surface area contributed by atoms with Gasteiger partial charge in [-0.2, -0.15) is 0 Å². The first-order valence-corrected chi connectivity index (χ1v) is 7.68. The van der Waals surface area contributed by atoms with Crippen molar-refractivity contribution in [2.24, 2.45) is 0 Å². The summed E-state index contributed by atoms with van der Waals surface area (Å²) < 4.78 is 5.04. The van der Waals surface area contributed by atoms with Crippen LogP contribution in [0.1, 0.15) is 16.1 Å². The molecular weight excluding hydrogens is 284 g/mol. The standard InChI is InChI=1S/C16H18N2O2S/c1-20-10-11-21-15-8-3-2-7-14(15)16(19)18-12-13-6-4-5-9-17-13/h2-9H,10-12H2,1H3,(H,18,19). The number of pyridine rings is 1. The molecule has 0 aliphatic carbocycles. The number of nitrogens with zero attached hydrogens (tertiary/aromatic N) is 1. The summed E-state index contributed by atoms with van der Waals surface area (Å²) in [4.78, 5) is 17.4. The van der Waals surface area contributed by atoms with Crippen LogP contribution >= 0.6 is 11.8 Å². The number of thioether (sulfide) groups is 1. The van der Waals surface area contributed by atoms with Crippen molar-refractivity contribution >= 4 is 17.7 Å². The number of carbonyl (C=O) groups is 1. The second-order valence-electron chi connectivity index (χ2n) is 4.34. The van der Waals surface area contributed by atoms with Crippen LogP contribution < -0.4 is 5.32 Å². The number of methoxy groups -OCH3 is 1. The Morgan fingerprint density at radius 1 is 1.24 bits per heavy atom. The van der Waals surface area contributed by atoms with Gasteiger partial charge in [0.05, 0.1) is 24.4 Å². The predicted octanol–water partition coefficient (Wildman–Crippen LogP) is 2.75. The van der Waals surface area contributed by atoms with E-state index in [1.807, 2.05) is 42.5 Å². The monoisotopic (exact) mass is 302 g/mol. The molecule has 0 bridgehead atoms. The largest absolute Gasteiger partial charge is 0.384 e. The van der Waals surface area contributed by atoms with Gasteiger partial charge in [-0.1, -0.05) is 18.2 Å². The Kier molecular flexibility index (Phi) is 6.24. The highest BCUT2D eigenvalue weighted by Gasteiger charge is 2.11. The summed E-state index contributed by atoms with van der Waals surface area (Å²) >= 11 is 1.62. The molecule has 110 valence electrons. The van der Waals surface area contributed by atoms with Crippen LogP contribution in [0.4, 0.5) is 0 Å². The van der Waals surface area contributed by atoms with E-state index in [1.54, 1.807) is 25.1 Å². The van der Waals surface area contributed by atoms with E-state index < -0.39 is 0 Å². The fourth-order valence-electron chi connectivity index (χ4n) is 1.78. The second-order valence-corrected chi connectivity index (χ2v) is 5.48. The maximum absolute atomic E-state index is 12.3. The minimum absolute atomic E-state index is 0.0823. The van der Waals surface area contributed by atoms with Gasteiger partial charge in [0.2, 0.25) is 0 Å². The highest BCUT2D eigenvalue weighted by molar-refractivity contribution is 7.99. The quantitative estimate of drug-likeness (QED) is 0.631. The number of ether oxygens (including phenoxy) is 1. The van der Waals surface area contributed by atoms with E-state index >= 15 is 0 Å². The molecule has 2 rings (SSSR count). The molecule has 0 aliphatic rings. The van der Waals surface area contributed by atoms with Crippen LogP contribution in [0.2, 0.25) is 0 Å². The van der Waals surface area contributed by atoms with Gasteiger partial charge < -0.3 is 10.1 Å². The van der Waals surface area contributed by atoms with Crippen LogP contribution in [0.5, 0.6) is 0 Å². The van der Waals surface area contributed by atoms with Crippen LogP contribution in [0.3, 0.4) is 0 Å². The number of hydrogen-bond acceptors (Lipinski definition) is 4. The Bertz CT molecular complexity index is 575. The number of aromatic nitrogens is 1. The normalized spacial score (nSPS) is 10.3. The molecule has 0 spiro atoms. The minimum atomic E-state index is -0.0823. The number of hydrogen-bond donors (Lipinski definition) is 1. The summed E-state index contributed by atoms with van der Waals surface area (Å²) in [5.41, 5.74) is 1.53. The van der Waals surface area contributed by atoms with Crippen LogP contribution in [0.15, 0.2) is 53.6 Å². The molecular formula is C16H18N2O2S. The van der Waals surface area contributed by atoms with Crippen molar-refractivity contribution < 1.29 is 9.53 Å². The Labute approximate surface area is 128 Å². The molecule has 1 amide bonds. The maximum Gasteiger partial charge on any atom is 0.252 e. The van der Waals surface area contributed by atoms with Crippen molar-refractivity contribution in [3.63, 3.8) is 0 Å². The molecule has 0 saturated carbocycles. The fourth-order valence-corrected chi connectivity index (χ4v) is 2.74. The molecule has 0 fully saturated rings. The third-order valence-electron chi connectivity index (χ3n) is 2.83. The average Bonchev–Trinajstić information content (AvgIpc) is 2.54. The van der Waals surface area contributed by atoms with Crippen molar-refractivity contribution in [2.45, 2.75) is 11.4 Å². The van der Waals surface area contributed by atoms with Crippen LogP contribution in [-0.4, -0.2) is 30.4 Å². The van der Waals surface area contributed by atoms with E-state index in [-0.39, 0.29) is 5.91 Å². The maximum atomic E-state index is 12.3. The molecule has 0 aliphatic heterocycles. The molecule has 0 atom stereocenters. The molecule has 1 aromatic carbocycles. The molecule has 21 heavy (non-hydrogen) atoms. The van der Waals surface area contributed by atoms with Crippen LogP contribution in [0.25, 0.3) is 0 Å². The van der Waals surface area contributed by atoms with Gasteiger partial charge >= 0.3 is 0 Å². The van der Waals surface area contributed by atoms with E-state index in [2.05, 4.69) is 10.3 Å². The van der Waals surface area contributed by atoms with E-state index in [0.717, 1.165) is 16.3 Å². The summed E-state index contributed by atoms with van der Waals surface area (Å²) in [6.07, 6.45) is 1.72. The number of nitrogens with one attached hydrogen (secondary N) is 1. The first-order chi connectivity index (χ1) is 10.3. The van der Waals surface area contributed by atoms with Crippen molar-refractivity contribution in [3.05, 3.63) is 59.9 Å². The summed E-state index contributed by atoms with van der Waals surface area (Å²) in [5, 5.41) is 2.90. The Morgan fingerprint density at radius 3 is 2.81 bits per heavy atom. The summed E-state index contributed by atoms with van der Waals surface area (Å²) in [5.74, 6) is 0.738. The van der Waals surface area contributed by atoms with Gasteiger partial charge in [-0.15, -0.1) is 11.8 Å². The highest BCUT2D eigenvalue weighted by Crippen LogP contribution is 2.22. The molecule has 0 unspecified atom stereocenters. The van der Waals surface area contributed by atoms with Crippen molar-refractivity contribution in [3.8, 4) is 0 Å². The van der Waals surface area contributed by atoms with Crippen LogP contribution in [0, 0.1) is 0 Å². The number of carbonyl (C=O) groups excluding carboxylic acids is 1. The van der Waals surface area contributed by atoms with E-state index in [0.29, 0.717) is 18.7 Å². The molecule has 0 radical (unpaired) electrons. The van der Waals surface area contributed by atoms with Gasteiger partial charge in [0, 0.05) is 24.0 Å². The predicted molar refractivity (Wildman–Crippen MR) is 84.4 cm³/mol. The molecule has 5 heteroatoms. The summed E-state index contributed by atoms with van der Waals surface area (Å²) in [7, 11) is 1.67. The van der Waals surface area contributed by atoms with E-state index in [4.69, 9.17) is 4.74 Å². The zero-order chi connectivity index (χ0) is 14.9. The van der Waals surface area contributed by atoms with E-state index in [1.165, 1.54) is 0 Å². The Hall–Kier alpha value is -1.85. The van der Waals surface area contributed by atoms with Gasteiger partial charge in [0.25, 0.3) is 5.91 Å². The molecule has 4 nitrogen and oxygen atoms in total. The highest BCUT2D eigenvalue weighted by atomic mass is 32.2. The topological polar surface area (TPSA) is 51.2 Å². The lowest BCUT2D eigenvalue weighted by Gasteiger charge is -2.09. The fraction of sp³-hybridized carbons (Fsp3) is 0.250. The third-order valence-corrected chi connectivity index (χ3v) is 3.87. The minimum Gasteiger partial charge on any atom is -0.384 e. The SMILES string of the molecule is COCCSc1ccccc1C(=O)NCc1ccccn1. The number of rotatable bonds is 7. The molecule has 2 aromatic rings.